The second-order valence-corrected chi connectivity index (χ2v) is 10.8. The normalized spacial score (nSPS) is 11.8. The first-order chi connectivity index (χ1) is 15.2. The number of sulfonamides is 1. The first-order valence-corrected chi connectivity index (χ1v) is 12.7. The smallest absolute Gasteiger partial charge is 0.255 e. The minimum Gasteiger partial charge on any atom is -0.272 e. The van der Waals surface area contributed by atoms with Crippen molar-refractivity contribution in [2.45, 2.75) is 18.4 Å². The lowest BCUT2D eigenvalue weighted by atomic mass is 10.2. The second-order valence-electron chi connectivity index (χ2n) is 7.06. The van der Waals surface area contributed by atoms with Gasteiger partial charge in [0.05, 0.1) is 17.7 Å². The minimum absolute atomic E-state index is 0.0479. The zero-order valence-electron chi connectivity index (χ0n) is 17.2. The van der Waals surface area contributed by atoms with Crippen LogP contribution in [0.1, 0.15) is 16.7 Å². The maximum Gasteiger partial charge on any atom is 0.255 e. The molecule has 0 aromatic heterocycles. The number of carbonyl (C=O) groups is 1. The number of benzene rings is 3. The molecule has 0 aliphatic rings. The van der Waals surface area contributed by atoms with Crippen molar-refractivity contribution >= 4 is 54.0 Å². The average Bonchev–Trinajstić information content (AvgIpc) is 2.75. The molecule has 3 aromatic rings. The van der Waals surface area contributed by atoms with Crippen LogP contribution < -0.4 is 5.43 Å². The van der Waals surface area contributed by atoms with E-state index in [0.29, 0.717) is 0 Å². The maximum atomic E-state index is 13.3. The number of nitrogens with one attached hydrogen (secondary N) is 1. The van der Waals surface area contributed by atoms with Gasteiger partial charge in [0.1, 0.15) is 0 Å². The Hall–Kier alpha value is -2.33. The molecule has 0 unspecified atom stereocenters. The van der Waals surface area contributed by atoms with Crippen LogP contribution in [0.5, 0.6) is 0 Å². The highest BCUT2D eigenvalue weighted by molar-refractivity contribution is 9.10. The van der Waals surface area contributed by atoms with Crippen molar-refractivity contribution in [3.63, 3.8) is 0 Å². The lowest BCUT2D eigenvalue weighted by molar-refractivity contribution is -0.121. The summed E-state index contributed by atoms with van der Waals surface area (Å²) in [5.74, 6) is -0.538. The highest BCUT2D eigenvalue weighted by atomic mass is 79.9. The fourth-order valence-corrected chi connectivity index (χ4v) is 4.91. The van der Waals surface area contributed by atoms with E-state index in [0.717, 1.165) is 29.9 Å². The molecule has 3 rings (SSSR count). The Bertz CT molecular complexity index is 1210. The van der Waals surface area contributed by atoms with Gasteiger partial charge in [0.25, 0.3) is 5.91 Å². The van der Waals surface area contributed by atoms with E-state index in [1.807, 2.05) is 55.5 Å². The molecule has 32 heavy (non-hydrogen) atoms. The second kappa shape index (κ2) is 11.0. The molecule has 1 N–H and O–H groups in total. The van der Waals surface area contributed by atoms with Crippen molar-refractivity contribution in [3.05, 3.63) is 98.4 Å². The summed E-state index contributed by atoms with van der Waals surface area (Å²) in [5, 5.41) is 3.95. The first-order valence-electron chi connectivity index (χ1n) is 9.63. The number of halogens is 2. The van der Waals surface area contributed by atoms with Crippen molar-refractivity contribution in [2.75, 3.05) is 6.54 Å². The first kappa shape index (κ1) is 24.3. The third-order valence-electron chi connectivity index (χ3n) is 4.50. The molecule has 0 bridgehead atoms. The zero-order valence-corrected chi connectivity index (χ0v) is 21.2. The predicted octanol–water partition coefficient (Wildman–Crippen LogP) is 4.86. The predicted molar refractivity (Wildman–Crippen MR) is 133 cm³/mol. The number of aryl methyl sites for hydroxylation is 1. The Balaban J connectivity index is 1.79. The molecule has 0 fully saturated rings. The molecular weight excluding hydrogens is 558 g/mol. The van der Waals surface area contributed by atoms with Gasteiger partial charge in [-0.05, 0) is 54.4 Å². The van der Waals surface area contributed by atoms with Crippen LogP contribution in [0.4, 0.5) is 0 Å². The Morgan fingerprint density at radius 2 is 1.69 bits per heavy atom. The highest BCUT2D eigenvalue weighted by Crippen LogP contribution is 2.20. The molecule has 1 amide bonds. The molecule has 0 heterocycles. The molecule has 3 aromatic carbocycles. The molecular formula is C23H21Br2N3O3S. The molecule has 0 radical (unpaired) electrons. The topological polar surface area (TPSA) is 78.8 Å². The van der Waals surface area contributed by atoms with Gasteiger partial charge in [-0.1, -0.05) is 73.8 Å². The number of amides is 1. The van der Waals surface area contributed by atoms with Crippen molar-refractivity contribution in [1.82, 2.24) is 9.73 Å². The molecule has 0 saturated heterocycles. The number of hydrogen-bond donors (Lipinski definition) is 1. The van der Waals surface area contributed by atoms with Crippen molar-refractivity contribution < 1.29 is 13.2 Å². The lowest BCUT2D eigenvalue weighted by Gasteiger charge is -2.21. The van der Waals surface area contributed by atoms with Gasteiger partial charge in [0, 0.05) is 15.5 Å². The SMILES string of the molecule is Cc1ccc(S(=O)(=O)N(CC(=O)N/N=C\c2cccc(Br)c2)Cc2ccc(Br)cc2)cc1. The summed E-state index contributed by atoms with van der Waals surface area (Å²) < 4.78 is 29.5. The Kier molecular flexibility index (Phi) is 8.36. The lowest BCUT2D eigenvalue weighted by Crippen LogP contribution is -2.39. The van der Waals surface area contributed by atoms with Crippen LogP contribution in [0.2, 0.25) is 0 Å². The van der Waals surface area contributed by atoms with E-state index in [4.69, 9.17) is 0 Å². The van der Waals surface area contributed by atoms with Gasteiger partial charge in [0.2, 0.25) is 10.0 Å². The van der Waals surface area contributed by atoms with Crippen LogP contribution in [0.3, 0.4) is 0 Å². The molecule has 0 spiro atoms. The average molecular weight is 579 g/mol. The molecule has 0 aliphatic heterocycles. The van der Waals surface area contributed by atoms with Gasteiger partial charge in [-0.3, -0.25) is 4.79 Å². The molecule has 0 saturated carbocycles. The number of carbonyl (C=O) groups excluding carboxylic acids is 1. The monoisotopic (exact) mass is 577 g/mol. The van der Waals surface area contributed by atoms with E-state index in [2.05, 4.69) is 42.4 Å². The van der Waals surface area contributed by atoms with Crippen LogP contribution >= 0.6 is 31.9 Å². The largest absolute Gasteiger partial charge is 0.272 e. The summed E-state index contributed by atoms with van der Waals surface area (Å²) in [7, 11) is -3.90. The summed E-state index contributed by atoms with van der Waals surface area (Å²) >= 11 is 6.75. The summed E-state index contributed by atoms with van der Waals surface area (Å²) in [5.41, 5.74) is 4.91. The number of hydrogen-bond acceptors (Lipinski definition) is 4. The highest BCUT2D eigenvalue weighted by Gasteiger charge is 2.27. The van der Waals surface area contributed by atoms with E-state index < -0.39 is 15.9 Å². The molecule has 6 nitrogen and oxygen atoms in total. The van der Waals surface area contributed by atoms with E-state index in [9.17, 15) is 13.2 Å². The fraction of sp³-hybridized carbons (Fsp3) is 0.130. The Morgan fingerprint density at radius 1 is 1.00 bits per heavy atom. The standard InChI is InChI=1S/C23H21Br2N3O3S/c1-17-5-11-22(12-6-17)32(30,31)28(15-18-7-9-20(24)10-8-18)16-23(29)27-26-14-19-3-2-4-21(25)13-19/h2-14H,15-16H2,1H3,(H,27,29)/b26-14-. The molecule has 9 heteroatoms. The van der Waals surface area contributed by atoms with Gasteiger partial charge in [-0.2, -0.15) is 9.41 Å². The minimum atomic E-state index is -3.90. The van der Waals surface area contributed by atoms with Gasteiger partial charge in [0.15, 0.2) is 0 Å². The summed E-state index contributed by atoms with van der Waals surface area (Å²) in [6, 6.07) is 21.2. The van der Waals surface area contributed by atoms with Crippen LogP contribution in [0.15, 0.2) is 91.7 Å². The Morgan fingerprint density at radius 3 is 2.34 bits per heavy atom. The summed E-state index contributed by atoms with van der Waals surface area (Å²) in [4.78, 5) is 12.7. The number of rotatable bonds is 8. The molecule has 0 aliphatic carbocycles. The van der Waals surface area contributed by atoms with E-state index >= 15 is 0 Å². The number of hydrazone groups is 1. The van der Waals surface area contributed by atoms with Crippen molar-refractivity contribution in [2.24, 2.45) is 5.10 Å². The third kappa shape index (κ3) is 6.83. The summed E-state index contributed by atoms with van der Waals surface area (Å²) in [6.45, 7) is 1.56. The molecule has 166 valence electrons. The van der Waals surface area contributed by atoms with Gasteiger partial charge in [-0.15, -0.1) is 0 Å². The number of nitrogens with zero attached hydrogens (tertiary/aromatic N) is 2. The van der Waals surface area contributed by atoms with E-state index in [1.165, 1.54) is 6.21 Å². The van der Waals surface area contributed by atoms with E-state index in [1.54, 1.807) is 24.3 Å². The van der Waals surface area contributed by atoms with Crippen molar-refractivity contribution in [3.8, 4) is 0 Å². The quantitative estimate of drug-likeness (QED) is 0.306. The van der Waals surface area contributed by atoms with Crippen LogP contribution in [-0.2, 0) is 21.4 Å². The van der Waals surface area contributed by atoms with Crippen LogP contribution in [0.25, 0.3) is 0 Å². The molecule has 0 atom stereocenters. The van der Waals surface area contributed by atoms with Gasteiger partial charge >= 0.3 is 0 Å². The fourth-order valence-electron chi connectivity index (χ4n) is 2.84. The Labute approximate surface area is 204 Å². The van der Waals surface area contributed by atoms with Crippen molar-refractivity contribution in [1.29, 1.82) is 0 Å². The maximum absolute atomic E-state index is 13.3. The summed E-state index contributed by atoms with van der Waals surface area (Å²) in [6.07, 6.45) is 1.50. The zero-order chi connectivity index (χ0) is 23.1. The van der Waals surface area contributed by atoms with Crippen LogP contribution in [-0.4, -0.2) is 31.4 Å². The van der Waals surface area contributed by atoms with Crippen LogP contribution in [0, 0.1) is 6.92 Å². The van der Waals surface area contributed by atoms with Gasteiger partial charge in [-0.25, -0.2) is 13.8 Å². The third-order valence-corrected chi connectivity index (χ3v) is 7.33. The van der Waals surface area contributed by atoms with Gasteiger partial charge < -0.3 is 0 Å². The van der Waals surface area contributed by atoms with E-state index in [-0.39, 0.29) is 18.0 Å².